The Morgan fingerprint density at radius 1 is 0.778 bits per heavy atom. The van der Waals surface area contributed by atoms with Gasteiger partial charge in [-0.1, -0.05) is 0 Å². The van der Waals surface area contributed by atoms with Crippen molar-refractivity contribution < 1.29 is 9.13 Å². The molecule has 4 heteroatoms. The van der Waals surface area contributed by atoms with Gasteiger partial charge in [-0.25, -0.2) is 0 Å². The van der Waals surface area contributed by atoms with Crippen LogP contribution in [0.1, 0.15) is 11.4 Å². The minimum absolute atomic E-state index is 0.678. The van der Waals surface area contributed by atoms with Crippen LogP contribution in [0.15, 0.2) is 48.8 Å². The fraction of sp³-hybridized carbons (Fsp3) is 0.143. The highest BCUT2D eigenvalue weighted by molar-refractivity contribution is 5.13. The molecule has 18 heavy (non-hydrogen) atoms. The largest absolute Gasteiger partial charge is 0.283 e. The van der Waals surface area contributed by atoms with Gasteiger partial charge in [-0.3, -0.25) is 0 Å². The highest BCUT2D eigenvalue weighted by atomic mass is 14.9. The van der Waals surface area contributed by atoms with Crippen LogP contribution in [0.5, 0.6) is 0 Å². The molecule has 2 aromatic heterocycles. The third-order valence-corrected chi connectivity index (χ3v) is 2.34. The van der Waals surface area contributed by atoms with Crippen LogP contribution in [-0.4, -0.2) is 0 Å². The second kappa shape index (κ2) is 6.78. The maximum Gasteiger partial charge on any atom is 0.283 e. The first kappa shape index (κ1) is 13.3. The maximum absolute atomic E-state index is 8.45. The van der Waals surface area contributed by atoms with Gasteiger partial charge in [0.1, 0.15) is 14.1 Å². The Hall–Kier alpha value is -2.72. The van der Waals surface area contributed by atoms with Crippen molar-refractivity contribution in [2.75, 3.05) is 0 Å². The van der Waals surface area contributed by atoms with Crippen molar-refractivity contribution in [1.82, 2.24) is 0 Å². The summed E-state index contributed by atoms with van der Waals surface area (Å²) < 4.78 is 3.56. The molecule has 2 rings (SSSR count). The van der Waals surface area contributed by atoms with E-state index >= 15 is 0 Å². The first-order chi connectivity index (χ1) is 8.69. The van der Waals surface area contributed by atoms with E-state index in [0.717, 1.165) is 0 Å². The number of rotatable bonds is 0. The smallest absolute Gasteiger partial charge is 0.192 e. The number of nitriles is 2. The maximum atomic E-state index is 8.45. The highest BCUT2D eigenvalue weighted by Crippen LogP contribution is 1.85. The van der Waals surface area contributed by atoms with E-state index in [2.05, 4.69) is 12.1 Å². The summed E-state index contributed by atoms with van der Waals surface area (Å²) in [5.74, 6) is 0. The molecule has 88 valence electrons. The Kier molecular flexibility index (Phi) is 5.02. The predicted molar refractivity (Wildman–Crippen MR) is 64.7 cm³/mol. The standard InChI is InChI=1S/2C7H7N2/c2*1-9-5-3-2-4-7(9)6-8/h2*2-5H,1H3/q2*+1. The highest BCUT2D eigenvalue weighted by Gasteiger charge is 1.99. The van der Waals surface area contributed by atoms with E-state index in [1.54, 1.807) is 21.3 Å². The lowest BCUT2D eigenvalue weighted by Gasteiger charge is -1.84. The molecule has 2 heterocycles. The molecule has 0 unspecified atom stereocenters. The lowest BCUT2D eigenvalue weighted by molar-refractivity contribution is -0.674. The Balaban J connectivity index is 0.000000180. The minimum atomic E-state index is 0.678. The van der Waals surface area contributed by atoms with Crippen molar-refractivity contribution in [2.24, 2.45) is 14.1 Å². The zero-order valence-corrected chi connectivity index (χ0v) is 10.4. The van der Waals surface area contributed by atoms with Crippen molar-refractivity contribution in [3.63, 3.8) is 0 Å². The second-order valence-electron chi connectivity index (χ2n) is 3.62. The Morgan fingerprint density at radius 3 is 1.39 bits per heavy atom. The van der Waals surface area contributed by atoms with E-state index in [4.69, 9.17) is 10.5 Å². The van der Waals surface area contributed by atoms with E-state index in [9.17, 15) is 0 Å². The molecular formula is C14H14N4+2. The summed E-state index contributed by atoms with van der Waals surface area (Å²) in [4.78, 5) is 0. The van der Waals surface area contributed by atoms with Crippen molar-refractivity contribution >= 4 is 0 Å². The molecule has 0 amide bonds. The number of pyridine rings is 2. The molecule has 0 saturated heterocycles. The van der Waals surface area contributed by atoms with E-state index in [0.29, 0.717) is 11.4 Å². The Bertz CT molecular complexity index is 550. The number of nitrogens with zero attached hydrogens (tertiary/aromatic N) is 4. The first-order valence-corrected chi connectivity index (χ1v) is 5.38. The fourth-order valence-electron chi connectivity index (χ4n) is 1.28. The van der Waals surface area contributed by atoms with Gasteiger partial charge in [-0.05, 0) is 12.1 Å². The van der Waals surface area contributed by atoms with E-state index in [1.165, 1.54) is 0 Å². The summed E-state index contributed by atoms with van der Waals surface area (Å²) in [6.45, 7) is 0. The molecule has 0 fully saturated rings. The number of hydrogen-bond acceptors (Lipinski definition) is 2. The van der Waals surface area contributed by atoms with Gasteiger partial charge in [0.25, 0.3) is 11.4 Å². The zero-order valence-electron chi connectivity index (χ0n) is 10.4. The number of hydrogen-bond donors (Lipinski definition) is 0. The van der Waals surface area contributed by atoms with Crippen LogP contribution >= 0.6 is 0 Å². The molecule has 2 aromatic rings. The SMILES string of the molecule is C[n+]1ccccc1C#N.C[n+]1ccccc1C#N. The average Bonchev–Trinajstić information content (AvgIpc) is 2.41. The fourth-order valence-corrected chi connectivity index (χ4v) is 1.28. The van der Waals surface area contributed by atoms with Gasteiger partial charge in [0.15, 0.2) is 24.5 Å². The summed E-state index contributed by atoms with van der Waals surface area (Å²) >= 11 is 0. The third-order valence-electron chi connectivity index (χ3n) is 2.34. The van der Waals surface area contributed by atoms with Crippen molar-refractivity contribution in [3.05, 3.63) is 60.2 Å². The van der Waals surface area contributed by atoms with Crippen LogP contribution in [0.25, 0.3) is 0 Å². The van der Waals surface area contributed by atoms with E-state index < -0.39 is 0 Å². The quantitative estimate of drug-likeness (QED) is 0.636. The van der Waals surface area contributed by atoms with E-state index in [1.807, 2.05) is 50.8 Å². The van der Waals surface area contributed by atoms with Crippen LogP contribution in [0, 0.1) is 22.7 Å². The van der Waals surface area contributed by atoms with Crippen LogP contribution in [-0.2, 0) is 14.1 Å². The molecule has 0 aliphatic heterocycles. The number of aryl methyl sites for hydroxylation is 2. The van der Waals surface area contributed by atoms with Gasteiger partial charge in [0, 0.05) is 24.3 Å². The zero-order chi connectivity index (χ0) is 13.4. The van der Waals surface area contributed by atoms with Crippen molar-refractivity contribution in [1.29, 1.82) is 10.5 Å². The van der Waals surface area contributed by atoms with Crippen molar-refractivity contribution in [3.8, 4) is 12.1 Å². The molecule has 0 aliphatic carbocycles. The van der Waals surface area contributed by atoms with Crippen molar-refractivity contribution in [2.45, 2.75) is 0 Å². The van der Waals surface area contributed by atoms with Crippen LogP contribution < -0.4 is 9.13 Å². The van der Waals surface area contributed by atoms with Gasteiger partial charge in [-0.2, -0.15) is 19.7 Å². The molecule has 0 saturated carbocycles. The summed E-state index contributed by atoms with van der Waals surface area (Å²) in [5, 5.41) is 16.9. The predicted octanol–water partition coefficient (Wildman–Crippen LogP) is 0.766. The first-order valence-electron chi connectivity index (χ1n) is 5.38. The Morgan fingerprint density at radius 2 is 1.17 bits per heavy atom. The van der Waals surface area contributed by atoms with Gasteiger partial charge >= 0.3 is 0 Å². The average molecular weight is 238 g/mol. The Labute approximate surface area is 107 Å². The molecular weight excluding hydrogens is 224 g/mol. The number of aromatic nitrogens is 2. The summed E-state index contributed by atoms with van der Waals surface area (Å²) in [5.41, 5.74) is 1.36. The molecule has 0 aliphatic rings. The molecule has 0 bridgehead atoms. The normalized spacial score (nSPS) is 8.44. The van der Waals surface area contributed by atoms with Crippen LogP contribution in [0.4, 0.5) is 0 Å². The molecule has 0 atom stereocenters. The monoisotopic (exact) mass is 238 g/mol. The lowest BCUT2D eigenvalue weighted by atomic mass is 10.4. The van der Waals surface area contributed by atoms with Crippen LogP contribution in [0.3, 0.4) is 0 Å². The molecule has 0 N–H and O–H groups in total. The summed E-state index contributed by atoms with van der Waals surface area (Å²) in [7, 11) is 3.69. The third kappa shape index (κ3) is 3.70. The molecule has 0 radical (unpaired) electrons. The second-order valence-corrected chi connectivity index (χ2v) is 3.62. The molecule has 0 spiro atoms. The topological polar surface area (TPSA) is 55.3 Å². The summed E-state index contributed by atoms with van der Waals surface area (Å²) in [6.07, 6.45) is 3.69. The minimum Gasteiger partial charge on any atom is -0.192 e. The summed E-state index contributed by atoms with van der Waals surface area (Å²) in [6, 6.07) is 15.1. The van der Waals surface area contributed by atoms with Gasteiger partial charge in [0.05, 0.1) is 0 Å². The van der Waals surface area contributed by atoms with E-state index in [-0.39, 0.29) is 0 Å². The lowest BCUT2D eigenvalue weighted by Crippen LogP contribution is -2.30. The molecule has 4 nitrogen and oxygen atoms in total. The van der Waals surface area contributed by atoms with Gasteiger partial charge in [-0.15, -0.1) is 0 Å². The molecule has 0 aromatic carbocycles. The van der Waals surface area contributed by atoms with Gasteiger partial charge < -0.3 is 0 Å². The van der Waals surface area contributed by atoms with Gasteiger partial charge in [0.2, 0.25) is 0 Å². The van der Waals surface area contributed by atoms with Crippen LogP contribution in [0.2, 0.25) is 0 Å².